The maximum atomic E-state index is 12.6. The molecule has 4 aliphatic heterocycles. The third-order valence-corrected chi connectivity index (χ3v) is 8.57. The second-order valence-electron chi connectivity index (χ2n) is 9.96. The lowest BCUT2D eigenvalue weighted by atomic mass is 9.64. The average Bonchev–Trinajstić information content (AvgIpc) is 3.32. The van der Waals surface area contributed by atoms with Gasteiger partial charge in [-0.2, -0.15) is 0 Å². The van der Waals surface area contributed by atoms with E-state index >= 15 is 0 Å². The number of alkyl halides is 1. The zero-order valence-corrected chi connectivity index (χ0v) is 17.3. The van der Waals surface area contributed by atoms with Crippen LogP contribution in [0.1, 0.15) is 46.0 Å². The van der Waals surface area contributed by atoms with Crippen molar-refractivity contribution in [2.75, 3.05) is 19.6 Å². The second kappa shape index (κ2) is 6.84. The van der Waals surface area contributed by atoms with Crippen molar-refractivity contribution < 1.29 is 4.79 Å². The van der Waals surface area contributed by atoms with Gasteiger partial charge in [0.25, 0.3) is 0 Å². The van der Waals surface area contributed by atoms with E-state index in [2.05, 4.69) is 40.2 Å². The number of hydrazine groups is 1. The number of amides is 1. The molecule has 0 bridgehead atoms. The Kier molecular flexibility index (Phi) is 4.71. The summed E-state index contributed by atoms with van der Waals surface area (Å²) in [6, 6.07) is 1.57. The van der Waals surface area contributed by atoms with E-state index in [1.807, 2.05) is 0 Å². The van der Waals surface area contributed by atoms with Gasteiger partial charge in [0.15, 0.2) is 0 Å². The highest BCUT2D eigenvalue weighted by Gasteiger charge is 2.58. The largest absolute Gasteiger partial charge is 0.340 e. The summed E-state index contributed by atoms with van der Waals surface area (Å²) in [5.41, 5.74) is 3.68. The van der Waals surface area contributed by atoms with Crippen LogP contribution in [0.2, 0.25) is 0 Å². The van der Waals surface area contributed by atoms with Crippen LogP contribution in [0, 0.1) is 23.2 Å². The van der Waals surface area contributed by atoms with Gasteiger partial charge in [-0.3, -0.25) is 15.5 Å². The first kappa shape index (κ1) is 18.6. The highest BCUT2D eigenvalue weighted by atomic mass is 35.5. The number of nitrogens with zero attached hydrogens (tertiary/aromatic N) is 1. The standard InChI is InChI=1S/C20H34ClN5O/c1-20(2)16-14(6-8-23-18(16)24-19(20)27)17-13-4-3-11(21)9-15(13)26(25-17)12-5-7-22-10-12/h11-18,22-23,25H,3-10H2,1-2H3,(H,24,27)/t11?,12-,13?,14?,15?,16?,17?,18?/m0/s1. The van der Waals surface area contributed by atoms with Crippen molar-refractivity contribution in [3.63, 3.8) is 0 Å². The molecule has 5 fully saturated rings. The number of nitrogens with one attached hydrogen (secondary N) is 4. The third-order valence-electron chi connectivity index (χ3n) is 8.18. The molecule has 4 heterocycles. The lowest BCUT2D eigenvalue weighted by Crippen LogP contribution is -2.57. The molecule has 0 aromatic rings. The van der Waals surface area contributed by atoms with Crippen LogP contribution in [0.4, 0.5) is 0 Å². The zero-order valence-electron chi connectivity index (χ0n) is 16.5. The summed E-state index contributed by atoms with van der Waals surface area (Å²) in [5, 5.41) is 13.2. The molecule has 6 nitrogen and oxygen atoms in total. The Morgan fingerprint density at radius 2 is 1.96 bits per heavy atom. The summed E-state index contributed by atoms with van der Waals surface area (Å²) in [7, 11) is 0. The minimum Gasteiger partial charge on any atom is -0.340 e. The molecular formula is C20H34ClN5O. The Bertz CT molecular complexity index is 595. The molecular weight excluding hydrogens is 362 g/mol. The highest BCUT2D eigenvalue weighted by molar-refractivity contribution is 6.20. The maximum absolute atomic E-state index is 12.6. The van der Waals surface area contributed by atoms with Gasteiger partial charge in [0.05, 0.1) is 6.17 Å². The molecule has 8 atom stereocenters. The Hall–Kier alpha value is -0.400. The number of hydrogen-bond acceptors (Lipinski definition) is 5. The van der Waals surface area contributed by atoms with E-state index in [4.69, 9.17) is 11.6 Å². The number of piperidine rings is 1. The first-order chi connectivity index (χ1) is 13.0. The van der Waals surface area contributed by atoms with Crippen molar-refractivity contribution in [3.05, 3.63) is 0 Å². The van der Waals surface area contributed by atoms with Gasteiger partial charge in [-0.25, -0.2) is 5.01 Å². The lowest BCUT2D eigenvalue weighted by Gasteiger charge is -2.44. The van der Waals surface area contributed by atoms with Crippen molar-refractivity contribution in [1.82, 2.24) is 26.4 Å². The van der Waals surface area contributed by atoms with Gasteiger partial charge in [-0.05, 0) is 57.0 Å². The van der Waals surface area contributed by atoms with Crippen molar-refractivity contribution >= 4 is 17.5 Å². The summed E-state index contributed by atoms with van der Waals surface area (Å²) in [5.74, 6) is 1.71. The molecule has 1 amide bonds. The van der Waals surface area contributed by atoms with E-state index in [0.717, 1.165) is 38.9 Å². The van der Waals surface area contributed by atoms with Gasteiger partial charge in [-0.1, -0.05) is 13.8 Å². The van der Waals surface area contributed by atoms with Gasteiger partial charge in [0.1, 0.15) is 0 Å². The molecule has 7 heteroatoms. The molecule has 7 unspecified atom stereocenters. The maximum Gasteiger partial charge on any atom is 0.227 e. The quantitative estimate of drug-likeness (QED) is 0.526. The van der Waals surface area contributed by atoms with Crippen LogP contribution in [0.5, 0.6) is 0 Å². The first-order valence-electron chi connectivity index (χ1n) is 10.9. The van der Waals surface area contributed by atoms with Gasteiger partial charge < -0.3 is 10.6 Å². The number of fused-ring (bicyclic) bond motifs is 2. The Morgan fingerprint density at radius 1 is 1.11 bits per heavy atom. The molecule has 27 heavy (non-hydrogen) atoms. The smallest absolute Gasteiger partial charge is 0.227 e. The summed E-state index contributed by atoms with van der Waals surface area (Å²) >= 11 is 6.61. The molecule has 0 aromatic heterocycles. The van der Waals surface area contributed by atoms with E-state index in [1.54, 1.807) is 0 Å². The molecule has 5 aliphatic rings. The summed E-state index contributed by atoms with van der Waals surface area (Å²) in [4.78, 5) is 12.6. The van der Waals surface area contributed by atoms with Gasteiger partial charge in [-0.15, -0.1) is 11.6 Å². The van der Waals surface area contributed by atoms with Crippen LogP contribution in [0.25, 0.3) is 0 Å². The Morgan fingerprint density at radius 3 is 2.74 bits per heavy atom. The molecule has 4 saturated heterocycles. The van der Waals surface area contributed by atoms with Gasteiger partial charge >= 0.3 is 0 Å². The van der Waals surface area contributed by atoms with Crippen LogP contribution in [-0.2, 0) is 4.79 Å². The normalized spacial score (nSPS) is 49.7. The van der Waals surface area contributed by atoms with Crippen LogP contribution in [-0.4, -0.2) is 60.2 Å². The molecule has 1 saturated carbocycles. The number of carbonyl (C=O) groups excluding carboxylic acids is 1. The molecule has 1 aliphatic carbocycles. The van der Waals surface area contributed by atoms with E-state index < -0.39 is 0 Å². The summed E-state index contributed by atoms with van der Waals surface area (Å²) in [6.07, 6.45) is 5.89. The van der Waals surface area contributed by atoms with E-state index in [1.165, 1.54) is 12.8 Å². The molecule has 0 aromatic carbocycles. The fourth-order valence-electron chi connectivity index (χ4n) is 6.82. The van der Waals surface area contributed by atoms with E-state index in [9.17, 15) is 4.79 Å². The summed E-state index contributed by atoms with van der Waals surface area (Å²) in [6.45, 7) is 7.43. The van der Waals surface area contributed by atoms with Crippen LogP contribution < -0.4 is 21.4 Å². The first-order valence-corrected chi connectivity index (χ1v) is 11.3. The van der Waals surface area contributed by atoms with Crippen molar-refractivity contribution in [2.24, 2.45) is 23.2 Å². The van der Waals surface area contributed by atoms with Crippen molar-refractivity contribution in [2.45, 2.75) is 75.6 Å². The number of rotatable bonds is 2. The highest BCUT2D eigenvalue weighted by Crippen LogP contribution is 2.49. The second-order valence-corrected chi connectivity index (χ2v) is 10.6. The molecule has 0 spiro atoms. The minimum absolute atomic E-state index is 0.123. The fraction of sp³-hybridized carbons (Fsp3) is 0.950. The molecule has 4 N–H and O–H groups in total. The number of hydrogen-bond donors (Lipinski definition) is 4. The van der Waals surface area contributed by atoms with Crippen LogP contribution in [0.3, 0.4) is 0 Å². The van der Waals surface area contributed by atoms with E-state index in [-0.39, 0.29) is 17.5 Å². The number of halogens is 1. The topological polar surface area (TPSA) is 68.4 Å². The molecule has 0 radical (unpaired) electrons. The monoisotopic (exact) mass is 395 g/mol. The van der Waals surface area contributed by atoms with Crippen molar-refractivity contribution in [3.8, 4) is 0 Å². The third kappa shape index (κ3) is 2.94. The van der Waals surface area contributed by atoms with Crippen molar-refractivity contribution in [1.29, 1.82) is 0 Å². The predicted octanol–water partition coefficient (Wildman–Crippen LogP) is 1.02. The zero-order chi connectivity index (χ0) is 18.8. The molecule has 152 valence electrons. The van der Waals surface area contributed by atoms with Gasteiger partial charge in [0.2, 0.25) is 5.91 Å². The van der Waals surface area contributed by atoms with E-state index in [0.29, 0.717) is 41.3 Å². The predicted molar refractivity (Wildman–Crippen MR) is 106 cm³/mol. The average molecular weight is 396 g/mol. The number of carbonyl (C=O) groups is 1. The van der Waals surface area contributed by atoms with Gasteiger partial charge in [0, 0.05) is 41.4 Å². The fourth-order valence-corrected chi connectivity index (χ4v) is 7.13. The van der Waals surface area contributed by atoms with Crippen LogP contribution in [0.15, 0.2) is 0 Å². The summed E-state index contributed by atoms with van der Waals surface area (Å²) < 4.78 is 0. The van der Waals surface area contributed by atoms with Crippen LogP contribution >= 0.6 is 11.6 Å². The Labute approximate surface area is 167 Å². The Balaban J connectivity index is 1.44. The minimum atomic E-state index is -0.314. The SMILES string of the molecule is CC1(C)C(=O)NC2NCCC(C3NN([C@H]4CCNC4)C4CC(Cl)CCC34)C21. The lowest BCUT2D eigenvalue weighted by molar-refractivity contribution is -0.127. The molecule has 5 rings (SSSR count).